The fraction of sp³-hybridized carbons (Fsp3) is 1.00. The molecule has 4 nitrogen and oxygen atoms in total. The van der Waals surface area contributed by atoms with Crippen LogP contribution in [0.3, 0.4) is 0 Å². The van der Waals surface area contributed by atoms with E-state index in [9.17, 15) is 8.42 Å². The molecule has 1 fully saturated rings. The molecule has 0 N–H and O–H groups in total. The van der Waals surface area contributed by atoms with Crippen LogP contribution in [-0.4, -0.2) is 14.7 Å². The third-order valence-electron chi connectivity index (χ3n) is 1.91. The minimum atomic E-state index is -3.61. The Hall–Kier alpha value is -0.130. The van der Waals surface area contributed by atoms with Crippen molar-refractivity contribution in [2.75, 3.05) is 0 Å². The SMILES string of the molecule is CC(C)C(C)C1OS(=O)(=O)O1. The van der Waals surface area contributed by atoms with E-state index in [1.165, 1.54) is 0 Å². The highest BCUT2D eigenvalue weighted by atomic mass is 32.3. The first-order valence-electron chi connectivity index (χ1n) is 3.54. The van der Waals surface area contributed by atoms with Gasteiger partial charge in [-0.25, -0.2) is 8.37 Å². The summed E-state index contributed by atoms with van der Waals surface area (Å²) in [6.07, 6.45) is -0.569. The van der Waals surface area contributed by atoms with Gasteiger partial charge in [0.2, 0.25) is 6.29 Å². The smallest absolute Gasteiger partial charge is 0.214 e. The van der Waals surface area contributed by atoms with E-state index in [4.69, 9.17) is 0 Å². The van der Waals surface area contributed by atoms with Crippen LogP contribution in [0.5, 0.6) is 0 Å². The van der Waals surface area contributed by atoms with Crippen LogP contribution in [0.4, 0.5) is 0 Å². The van der Waals surface area contributed by atoms with E-state index in [-0.39, 0.29) is 5.92 Å². The molecule has 1 aliphatic heterocycles. The fourth-order valence-corrected chi connectivity index (χ4v) is 1.56. The second kappa shape index (κ2) is 2.73. The highest BCUT2D eigenvalue weighted by Crippen LogP contribution is 2.28. The lowest BCUT2D eigenvalue weighted by molar-refractivity contribution is -0.121. The van der Waals surface area contributed by atoms with Gasteiger partial charge in [0.15, 0.2) is 0 Å². The normalized spacial score (nSPS) is 26.5. The van der Waals surface area contributed by atoms with Crippen LogP contribution in [0.2, 0.25) is 0 Å². The summed E-state index contributed by atoms with van der Waals surface area (Å²) < 4.78 is 29.8. The third kappa shape index (κ3) is 1.91. The second-order valence-corrected chi connectivity index (χ2v) is 4.27. The monoisotopic (exact) mass is 180 g/mol. The maximum absolute atomic E-state index is 10.4. The van der Waals surface area contributed by atoms with Crippen LogP contribution in [0, 0.1) is 11.8 Å². The number of hydrogen-bond acceptors (Lipinski definition) is 4. The summed E-state index contributed by atoms with van der Waals surface area (Å²) in [6, 6.07) is 0. The predicted octanol–water partition coefficient (Wildman–Crippen LogP) is 0.896. The third-order valence-corrected chi connectivity index (χ3v) is 2.76. The lowest BCUT2D eigenvalue weighted by Gasteiger charge is -2.31. The number of rotatable bonds is 2. The molecule has 1 unspecified atom stereocenters. The predicted molar refractivity (Wildman–Crippen MR) is 38.9 cm³/mol. The van der Waals surface area contributed by atoms with Gasteiger partial charge < -0.3 is 0 Å². The van der Waals surface area contributed by atoms with Crippen LogP contribution in [0.1, 0.15) is 20.8 Å². The molecule has 66 valence electrons. The Balaban J connectivity index is 2.44. The van der Waals surface area contributed by atoms with Gasteiger partial charge in [-0.1, -0.05) is 20.8 Å². The summed E-state index contributed by atoms with van der Waals surface area (Å²) in [5.41, 5.74) is 0. The first kappa shape index (κ1) is 8.96. The Kier molecular flexibility index (Phi) is 2.22. The molecule has 1 saturated heterocycles. The van der Waals surface area contributed by atoms with Gasteiger partial charge in [0.25, 0.3) is 0 Å². The van der Waals surface area contributed by atoms with E-state index in [1.807, 2.05) is 20.8 Å². The summed E-state index contributed by atoms with van der Waals surface area (Å²) in [4.78, 5) is 0. The molecule has 0 radical (unpaired) electrons. The van der Waals surface area contributed by atoms with E-state index in [0.717, 1.165) is 0 Å². The minimum Gasteiger partial charge on any atom is -0.214 e. The summed E-state index contributed by atoms with van der Waals surface area (Å²) in [6.45, 7) is 5.87. The molecule has 11 heavy (non-hydrogen) atoms. The highest BCUT2D eigenvalue weighted by molar-refractivity contribution is 7.82. The zero-order valence-corrected chi connectivity index (χ0v) is 7.59. The van der Waals surface area contributed by atoms with Crippen molar-refractivity contribution >= 4 is 10.4 Å². The molecule has 0 aromatic carbocycles. The molecular weight excluding hydrogens is 168 g/mol. The molecule has 5 heteroatoms. The number of hydrogen-bond donors (Lipinski definition) is 0. The van der Waals surface area contributed by atoms with Crippen molar-refractivity contribution < 1.29 is 16.8 Å². The van der Waals surface area contributed by atoms with Gasteiger partial charge in [0, 0.05) is 5.92 Å². The largest absolute Gasteiger partial charge is 0.405 e. The molecule has 0 saturated carbocycles. The summed E-state index contributed by atoms with van der Waals surface area (Å²) in [5.74, 6) is 0.467. The summed E-state index contributed by atoms with van der Waals surface area (Å²) >= 11 is 0. The first-order valence-corrected chi connectivity index (χ1v) is 4.87. The van der Waals surface area contributed by atoms with E-state index < -0.39 is 16.7 Å². The maximum Gasteiger partial charge on any atom is 0.405 e. The van der Waals surface area contributed by atoms with Crippen molar-refractivity contribution in [3.63, 3.8) is 0 Å². The quantitative estimate of drug-likeness (QED) is 0.633. The zero-order valence-electron chi connectivity index (χ0n) is 6.77. The average Bonchev–Trinajstić information content (AvgIpc) is 1.80. The van der Waals surface area contributed by atoms with Crippen molar-refractivity contribution in [1.29, 1.82) is 0 Å². The molecule has 0 aromatic heterocycles. The van der Waals surface area contributed by atoms with Crippen LogP contribution in [-0.2, 0) is 18.8 Å². The van der Waals surface area contributed by atoms with Crippen LogP contribution in [0.15, 0.2) is 0 Å². The van der Waals surface area contributed by atoms with Crippen LogP contribution in [0.25, 0.3) is 0 Å². The summed E-state index contributed by atoms with van der Waals surface area (Å²) in [7, 11) is -3.61. The lowest BCUT2D eigenvalue weighted by atomic mass is 9.98. The van der Waals surface area contributed by atoms with E-state index in [2.05, 4.69) is 8.37 Å². The molecule has 1 rings (SSSR count). The van der Waals surface area contributed by atoms with E-state index in [1.54, 1.807) is 0 Å². The Morgan fingerprint density at radius 1 is 1.18 bits per heavy atom. The lowest BCUT2D eigenvalue weighted by Crippen LogP contribution is -2.42. The molecule has 1 atom stereocenters. The highest BCUT2D eigenvalue weighted by Gasteiger charge is 2.40. The topological polar surface area (TPSA) is 52.6 Å². The molecular formula is C6H12O4S. The Labute approximate surface area is 66.8 Å². The van der Waals surface area contributed by atoms with Gasteiger partial charge in [0.05, 0.1) is 0 Å². The fourth-order valence-electron chi connectivity index (χ4n) is 0.729. The van der Waals surface area contributed by atoms with Gasteiger partial charge >= 0.3 is 10.4 Å². The second-order valence-electron chi connectivity index (χ2n) is 3.07. The van der Waals surface area contributed by atoms with E-state index in [0.29, 0.717) is 5.92 Å². The zero-order chi connectivity index (χ0) is 8.65. The minimum absolute atomic E-state index is 0.110. The standard InChI is InChI=1S/C6H12O4S/c1-4(2)5(3)6-9-11(7,8)10-6/h4-6H,1-3H3. The molecule has 0 aliphatic carbocycles. The molecule has 0 spiro atoms. The molecule has 0 bridgehead atoms. The van der Waals surface area contributed by atoms with Crippen molar-refractivity contribution in [3.8, 4) is 0 Å². The van der Waals surface area contributed by atoms with Gasteiger partial charge in [0.1, 0.15) is 0 Å². The average molecular weight is 180 g/mol. The Morgan fingerprint density at radius 3 is 1.91 bits per heavy atom. The molecule has 1 heterocycles. The van der Waals surface area contributed by atoms with Crippen LogP contribution >= 0.6 is 0 Å². The van der Waals surface area contributed by atoms with Crippen molar-refractivity contribution in [2.45, 2.75) is 27.1 Å². The summed E-state index contributed by atoms with van der Waals surface area (Å²) in [5, 5.41) is 0. The van der Waals surface area contributed by atoms with Crippen molar-refractivity contribution in [1.82, 2.24) is 0 Å². The molecule has 0 aromatic rings. The Morgan fingerprint density at radius 2 is 1.64 bits per heavy atom. The maximum atomic E-state index is 10.4. The van der Waals surface area contributed by atoms with E-state index >= 15 is 0 Å². The molecule has 0 amide bonds. The van der Waals surface area contributed by atoms with Gasteiger partial charge in [-0.2, -0.15) is 8.42 Å². The van der Waals surface area contributed by atoms with Gasteiger partial charge in [-0.3, -0.25) is 0 Å². The van der Waals surface area contributed by atoms with Crippen molar-refractivity contribution in [3.05, 3.63) is 0 Å². The Bertz CT molecular complexity index is 219. The van der Waals surface area contributed by atoms with Gasteiger partial charge in [-0.15, -0.1) is 0 Å². The van der Waals surface area contributed by atoms with Gasteiger partial charge in [-0.05, 0) is 5.92 Å². The first-order chi connectivity index (χ1) is 4.92. The molecule has 1 aliphatic rings. The van der Waals surface area contributed by atoms with Crippen molar-refractivity contribution in [2.24, 2.45) is 11.8 Å². The van der Waals surface area contributed by atoms with Crippen LogP contribution < -0.4 is 0 Å².